The molecule has 3 aromatic carbocycles. The van der Waals surface area contributed by atoms with E-state index in [9.17, 15) is 24.9 Å². The lowest BCUT2D eigenvalue weighted by Crippen LogP contribution is -2.36. The van der Waals surface area contributed by atoms with Crippen LogP contribution in [0.3, 0.4) is 0 Å². The monoisotopic (exact) mass is 434 g/mol. The van der Waals surface area contributed by atoms with Crippen LogP contribution in [0.2, 0.25) is 0 Å². The summed E-state index contributed by atoms with van der Waals surface area (Å²) in [5.74, 6) is -3.66. The first kappa shape index (κ1) is 21.4. The van der Waals surface area contributed by atoms with E-state index in [0.29, 0.717) is 12.0 Å². The number of rotatable bonds is 7. The minimum Gasteiger partial charge on any atom is -0.504 e. The molecule has 7 heteroatoms. The Kier molecular flexibility index (Phi) is 5.59. The van der Waals surface area contributed by atoms with Crippen molar-refractivity contribution in [1.29, 1.82) is 0 Å². The highest BCUT2D eigenvalue weighted by Crippen LogP contribution is 2.55. The average Bonchev–Trinajstić information content (AvgIpc) is 3.04. The first-order chi connectivity index (χ1) is 15.4. The molecule has 1 unspecified atom stereocenters. The number of phenols is 2. The van der Waals surface area contributed by atoms with Gasteiger partial charge in [-0.1, -0.05) is 60.7 Å². The van der Waals surface area contributed by atoms with Gasteiger partial charge in [-0.25, -0.2) is 4.79 Å². The molecule has 0 saturated heterocycles. The van der Waals surface area contributed by atoms with Crippen LogP contribution < -0.4 is 9.47 Å². The highest BCUT2D eigenvalue weighted by molar-refractivity contribution is 6.06. The maximum atomic E-state index is 13.0. The molecule has 0 saturated carbocycles. The van der Waals surface area contributed by atoms with Gasteiger partial charge in [-0.05, 0) is 17.5 Å². The normalized spacial score (nSPS) is 17.0. The van der Waals surface area contributed by atoms with Crippen LogP contribution in [0.25, 0.3) is 0 Å². The summed E-state index contributed by atoms with van der Waals surface area (Å²) in [6.07, 6.45) is 0.200. The zero-order valence-electron chi connectivity index (χ0n) is 17.4. The number of hydrogen-bond acceptors (Lipinski definition) is 7. The number of aromatic hydroxyl groups is 2. The number of carbonyl (C=O) groups excluding carboxylic acids is 2. The van der Waals surface area contributed by atoms with Gasteiger partial charge in [0, 0.05) is 12.8 Å². The summed E-state index contributed by atoms with van der Waals surface area (Å²) in [6, 6.07) is 18.0. The number of phenolic OH excluding ortho intramolecular Hbond substituents is 2. The highest BCUT2D eigenvalue weighted by atomic mass is 16.6. The maximum Gasteiger partial charge on any atom is 0.348 e. The van der Waals surface area contributed by atoms with Crippen molar-refractivity contribution in [3.05, 3.63) is 82.9 Å². The zero-order valence-corrected chi connectivity index (χ0v) is 17.4. The maximum absolute atomic E-state index is 13.0. The number of aliphatic hydroxyl groups is 1. The molecule has 164 valence electrons. The topological polar surface area (TPSA) is 113 Å². The number of ketones is 1. The third-order valence-electron chi connectivity index (χ3n) is 5.57. The lowest BCUT2D eigenvalue weighted by molar-refractivity contribution is -0.151. The second kappa shape index (κ2) is 8.36. The van der Waals surface area contributed by atoms with E-state index < -0.39 is 28.9 Å². The Morgan fingerprint density at radius 3 is 2.16 bits per heavy atom. The van der Waals surface area contributed by atoms with Crippen LogP contribution >= 0.6 is 0 Å². The molecule has 1 heterocycles. The summed E-state index contributed by atoms with van der Waals surface area (Å²) in [4.78, 5) is 25.8. The molecular formula is C25H22O7. The first-order valence-corrected chi connectivity index (χ1v) is 10.1. The summed E-state index contributed by atoms with van der Waals surface area (Å²) >= 11 is 0. The SMILES string of the molecule is COc1c(O)c(O)c(C(=O)CCc2ccccc2)c2c1C(O)(Cc1ccccc1)C(=O)O2. The van der Waals surface area contributed by atoms with Crippen LogP contribution in [-0.2, 0) is 23.2 Å². The van der Waals surface area contributed by atoms with E-state index in [0.717, 1.165) is 5.56 Å². The fraction of sp³-hybridized carbons (Fsp3) is 0.200. The van der Waals surface area contributed by atoms with Gasteiger partial charge in [0.15, 0.2) is 28.6 Å². The quantitative estimate of drug-likeness (QED) is 0.226. The Balaban J connectivity index is 1.79. The molecule has 3 aromatic rings. The van der Waals surface area contributed by atoms with Gasteiger partial charge in [-0.15, -0.1) is 0 Å². The molecule has 0 spiro atoms. The zero-order chi connectivity index (χ0) is 22.9. The molecule has 0 aliphatic carbocycles. The molecule has 0 fully saturated rings. The molecule has 1 aliphatic heterocycles. The van der Waals surface area contributed by atoms with Crippen molar-refractivity contribution in [2.24, 2.45) is 0 Å². The van der Waals surface area contributed by atoms with Gasteiger partial charge in [0.1, 0.15) is 5.56 Å². The van der Waals surface area contributed by atoms with Crippen LogP contribution in [0.5, 0.6) is 23.0 Å². The highest BCUT2D eigenvalue weighted by Gasteiger charge is 2.53. The van der Waals surface area contributed by atoms with E-state index in [2.05, 4.69) is 0 Å². The van der Waals surface area contributed by atoms with Crippen LogP contribution in [0.15, 0.2) is 60.7 Å². The number of ether oxygens (including phenoxy) is 2. The molecule has 4 rings (SSSR count). The predicted octanol–water partition coefficient (Wildman–Crippen LogP) is 3.27. The van der Waals surface area contributed by atoms with Gasteiger partial charge in [0.05, 0.1) is 12.7 Å². The van der Waals surface area contributed by atoms with Crippen LogP contribution in [0, 0.1) is 0 Å². The third-order valence-corrected chi connectivity index (χ3v) is 5.57. The lowest BCUT2D eigenvalue weighted by atomic mass is 9.85. The van der Waals surface area contributed by atoms with Gasteiger partial charge in [-0.3, -0.25) is 4.79 Å². The van der Waals surface area contributed by atoms with E-state index >= 15 is 0 Å². The number of carbonyl (C=O) groups is 2. The molecule has 1 atom stereocenters. The summed E-state index contributed by atoms with van der Waals surface area (Å²) in [7, 11) is 1.22. The molecular weight excluding hydrogens is 412 g/mol. The van der Waals surface area contributed by atoms with E-state index in [1.54, 1.807) is 30.3 Å². The molecule has 0 radical (unpaired) electrons. The molecule has 0 bridgehead atoms. The molecule has 1 aliphatic rings. The molecule has 0 amide bonds. The fourth-order valence-corrected chi connectivity index (χ4v) is 3.97. The van der Waals surface area contributed by atoms with E-state index in [4.69, 9.17) is 9.47 Å². The Hall–Kier alpha value is -3.84. The first-order valence-electron chi connectivity index (χ1n) is 10.1. The van der Waals surface area contributed by atoms with Crippen LogP contribution in [-0.4, -0.2) is 34.2 Å². The number of esters is 1. The van der Waals surface area contributed by atoms with Crippen molar-refractivity contribution < 1.29 is 34.4 Å². The number of fused-ring (bicyclic) bond motifs is 1. The number of Topliss-reactive ketones (excluding diaryl/α,β-unsaturated/α-hetero) is 1. The minimum absolute atomic E-state index is 0.00948. The third kappa shape index (κ3) is 3.56. The molecule has 7 nitrogen and oxygen atoms in total. The van der Waals surface area contributed by atoms with Crippen molar-refractivity contribution >= 4 is 11.8 Å². The summed E-state index contributed by atoms with van der Waals surface area (Å²) in [5, 5.41) is 32.5. The Labute approximate surface area is 184 Å². The van der Waals surface area contributed by atoms with Crippen LogP contribution in [0.4, 0.5) is 0 Å². The van der Waals surface area contributed by atoms with Crippen molar-refractivity contribution in [3.8, 4) is 23.0 Å². The molecule has 3 N–H and O–H groups in total. The standard InChI is InChI=1S/C25H22O7/c1-31-23-19-22(32-24(29)25(19,30)14-16-10-6-3-7-11-16)18(20(27)21(23)28)17(26)13-12-15-8-4-2-5-9-15/h2-11,27-28,30H,12-14H2,1H3. The molecule has 0 aromatic heterocycles. The van der Waals surface area contributed by atoms with Crippen molar-refractivity contribution in [2.45, 2.75) is 24.9 Å². The van der Waals surface area contributed by atoms with E-state index in [1.165, 1.54) is 7.11 Å². The predicted molar refractivity (Wildman–Crippen MR) is 115 cm³/mol. The van der Waals surface area contributed by atoms with E-state index in [1.807, 2.05) is 30.3 Å². The molecule has 32 heavy (non-hydrogen) atoms. The fourth-order valence-electron chi connectivity index (χ4n) is 3.97. The number of aryl methyl sites for hydroxylation is 1. The van der Waals surface area contributed by atoms with Gasteiger partial charge >= 0.3 is 5.97 Å². The second-order valence-corrected chi connectivity index (χ2v) is 7.63. The minimum atomic E-state index is -2.21. The Morgan fingerprint density at radius 1 is 0.969 bits per heavy atom. The van der Waals surface area contributed by atoms with Gasteiger partial charge < -0.3 is 24.8 Å². The smallest absolute Gasteiger partial charge is 0.348 e. The van der Waals surface area contributed by atoms with Gasteiger partial charge in [-0.2, -0.15) is 0 Å². The van der Waals surface area contributed by atoms with Crippen molar-refractivity contribution in [1.82, 2.24) is 0 Å². The van der Waals surface area contributed by atoms with Gasteiger partial charge in [0.2, 0.25) is 5.75 Å². The van der Waals surface area contributed by atoms with Crippen LogP contribution in [0.1, 0.15) is 33.5 Å². The number of benzene rings is 3. The Bertz CT molecular complexity index is 1170. The van der Waals surface area contributed by atoms with Gasteiger partial charge in [0.25, 0.3) is 0 Å². The summed E-state index contributed by atoms with van der Waals surface area (Å²) < 4.78 is 10.5. The average molecular weight is 434 g/mol. The lowest BCUT2D eigenvalue weighted by Gasteiger charge is -2.22. The number of methoxy groups -OCH3 is 1. The van der Waals surface area contributed by atoms with Crippen molar-refractivity contribution in [2.75, 3.05) is 7.11 Å². The van der Waals surface area contributed by atoms with E-state index in [-0.39, 0.29) is 35.5 Å². The number of hydrogen-bond donors (Lipinski definition) is 3. The summed E-state index contributed by atoms with van der Waals surface area (Å²) in [6.45, 7) is 0. The largest absolute Gasteiger partial charge is 0.504 e. The summed E-state index contributed by atoms with van der Waals surface area (Å²) in [5.41, 5.74) is -1.20. The second-order valence-electron chi connectivity index (χ2n) is 7.63. The van der Waals surface area contributed by atoms with Crippen molar-refractivity contribution in [3.63, 3.8) is 0 Å². The Morgan fingerprint density at radius 2 is 1.56 bits per heavy atom.